The van der Waals surface area contributed by atoms with Gasteiger partial charge in [-0.1, -0.05) is 0 Å². The van der Waals surface area contributed by atoms with Crippen molar-refractivity contribution < 1.29 is 23.1 Å². The summed E-state index contributed by atoms with van der Waals surface area (Å²) < 4.78 is 37.3. The average Bonchev–Trinajstić information content (AvgIpc) is 2.72. The lowest BCUT2D eigenvalue weighted by molar-refractivity contribution is -0.142. The quantitative estimate of drug-likeness (QED) is 0.900. The van der Waals surface area contributed by atoms with Gasteiger partial charge in [0, 0.05) is 12.7 Å². The first kappa shape index (κ1) is 13.6. The summed E-state index contributed by atoms with van der Waals surface area (Å²) in [5.74, 6) is -0.734. The Hall–Kier alpha value is -1.79. The number of hydrogen-bond donors (Lipinski definition) is 1. The number of hydrogen-bond acceptors (Lipinski definition) is 3. The highest BCUT2D eigenvalue weighted by atomic mass is 19.4. The van der Waals surface area contributed by atoms with Crippen LogP contribution in [-0.2, 0) is 11.0 Å². The molecule has 0 spiro atoms. The Bertz CT molecular complexity index is 487. The lowest BCUT2D eigenvalue weighted by Gasteiger charge is -2.32. The molecule has 1 aromatic heterocycles. The van der Waals surface area contributed by atoms with Crippen LogP contribution in [-0.4, -0.2) is 28.1 Å². The second-order valence-electron chi connectivity index (χ2n) is 4.74. The van der Waals surface area contributed by atoms with Crippen LogP contribution in [0.1, 0.15) is 25.3 Å². The number of carboxylic acids is 1. The first-order chi connectivity index (χ1) is 8.75. The van der Waals surface area contributed by atoms with E-state index in [2.05, 4.69) is 4.98 Å². The van der Waals surface area contributed by atoms with Gasteiger partial charge in [-0.2, -0.15) is 13.2 Å². The van der Waals surface area contributed by atoms with Gasteiger partial charge in [0.15, 0.2) is 0 Å². The summed E-state index contributed by atoms with van der Waals surface area (Å²) in [6.45, 7) is 2.03. The Labute approximate surface area is 107 Å². The fourth-order valence-corrected chi connectivity index (χ4v) is 2.27. The van der Waals surface area contributed by atoms with Crippen LogP contribution in [0.25, 0.3) is 0 Å². The van der Waals surface area contributed by atoms with Crippen molar-refractivity contribution in [2.75, 3.05) is 11.4 Å². The number of anilines is 1. The second kappa shape index (κ2) is 4.40. The minimum Gasteiger partial charge on any atom is -0.480 e. The molecule has 0 aliphatic carbocycles. The van der Waals surface area contributed by atoms with Crippen molar-refractivity contribution in [2.24, 2.45) is 0 Å². The highest BCUT2D eigenvalue weighted by Gasteiger charge is 2.44. The van der Waals surface area contributed by atoms with Crippen LogP contribution < -0.4 is 4.90 Å². The number of rotatable bonds is 2. The summed E-state index contributed by atoms with van der Waals surface area (Å²) in [4.78, 5) is 16.6. The Morgan fingerprint density at radius 1 is 1.47 bits per heavy atom. The highest BCUT2D eigenvalue weighted by molar-refractivity contribution is 5.83. The molecule has 104 valence electrons. The van der Waals surface area contributed by atoms with Crippen molar-refractivity contribution in [1.82, 2.24) is 4.98 Å². The second-order valence-corrected chi connectivity index (χ2v) is 4.74. The number of alkyl halides is 3. The van der Waals surface area contributed by atoms with Crippen LogP contribution in [0.4, 0.5) is 19.0 Å². The fourth-order valence-electron chi connectivity index (χ4n) is 2.27. The highest BCUT2D eigenvalue weighted by Crippen LogP contribution is 2.35. The number of aliphatic carboxylic acids is 1. The summed E-state index contributed by atoms with van der Waals surface area (Å²) in [5, 5.41) is 9.24. The molecule has 4 nitrogen and oxygen atoms in total. The number of carboxylic acid groups (broad SMARTS) is 1. The molecule has 1 unspecified atom stereocenters. The third kappa shape index (κ3) is 2.36. The third-order valence-electron chi connectivity index (χ3n) is 3.45. The Kier molecular flexibility index (Phi) is 3.15. The fraction of sp³-hybridized carbons (Fsp3) is 0.500. The molecule has 1 fully saturated rings. The Balaban J connectivity index is 2.30. The maximum atomic E-state index is 12.4. The van der Waals surface area contributed by atoms with Gasteiger partial charge in [0.1, 0.15) is 11.4 Å². The van der Waals surface area contributed by atoms with Crippen LogP contribution >= 0.6 is 0 Å². The predicted molar refractivity (Wildman–Crippen MR) is 61.9 cm³/mol. The maximum Gasteiger partial charge on any atom is 0.417 e. The van der Waals surface area contributed by atoms with Crippen LogP contribution in [0.3, 0.4) is 0 Å². The van der Waals surface area contributed by atoms with Crippen LogP contribution in [0.5, 0.6) is 0 Å². The first-order valence-corrected chi connectivity index (χ1v) is 5.79. The van der Waals surface area contributed by atoms with E-state index in [4.69, 9.17) is 0 Å². The van der Waals surface area contributed by atoms with E-state index in [1.54, 1.807) is 6.92 Å². The number of aromatic nitrogens is 1. The molecule has 0 aromatic carbocycles. The van der Waals surface area contributed by atoms with E-state index in [-0.39, 0.29) is 5.82 Å². The SMILES string of the molecule is CC1(C(=O)O)CCCN1c1ccc(C(F)(F)F)cn1. The molecule has 0 radical (unpaired) electrons. The standard InChI is InChI=1S/C12H13F3N2O2/c1-11(10(18)19)5-2-6-17(11)9-4-3-8(7-16-9)12(13,14)15/h3-4,7H,2,5-6H2,1H3,(H,18,19). The van der Waals surface area contributed by atoms with Gasteiger partial charge in [0.25, 0.3) is 0 Å². The molecule has 1 aliphatic heterocycles. The molecule has 1 atom stereocenters. The van der Waals surface area contributed by atoms with Crippen molar-refractivity contribution in [1.29, 1.82) is 0 Å². The maximum absolute atomic E-state index is 12.4. The molecule has 1 aromatic rings. The summed E-state index contributed by atoms with van der Waals surface area (Å²) in [7, 11) is 0. The van der Waals surface area contributed by atoms with Gasteiger partial charge in [0.2, 0.25) is 0 Å². The third-order valence-corrected chi connectivity index (χ3v) is 3.45. The molecular formula is C12H13F3N2O2. The molecule has 1 N–H and O–H groups in total. The van der Waals surface area contributed by atoms with E-state index < -0.39 is 23.2 Å². The van der Waals surface area contributed by atoms with E-state index in [0.29, 0.717) is 19.4 Å². The number of pyridine rings is 1. The summed E-state index contributed by atoms with van der Waals surface area (Å²) >= 11 is 0. The summed E-state index contributed by atoms with van der Waals surface area (Å²) in [6, 6.07) is 2.14. The molecule has 0 saturated carbocycles. The van der Waals surface area contributed by atoms with Crippen LogP contribution in [0, 0.1) is 0 Å². The molecule has 1 saturated heterocycles. The van der Waals surface area contributed by atoms with E-state index in [9.17, 15) is 23.1 Å². The zero-order valence-corrected chi connectivity index (χ0v) is 10.2. The molecular weight excluding hydrogens is 261 g/mol. The largest absolute Gasteiger partial charge is 0.480 e. The lowest BCUT2D eigenvalue weighted by atomic mass is 9.99. The van der Waals surface area contributed by atoms with Gasteiger partial charge >= 0.3 is 12.1 Å². The lowest BCUT2D eigenvalue weighted by Crippen LogP contribution is -2.48. The molecule has 0 bridgehead atoms. The molecule has 7 heteroatoms. The van der Waals surface area contributed by atoms with E-state index in [0.717, 1.165) is 12.3 Å². The predicted octanol–water partition coefficient (Wildman–Crippen LogP) is 2.54. The van der Waals surface area contributed by atoms with Gasteiger partial charge in [-0.05, 0) is 31.9 Å². The van der Waals surface area contributed by atoms with Crippen molar-refractivity contribution in [3.05, 3.63) is 23.9 Å². The number of halogens is 3. The Morgan fingerprint density at radius 2 is 2.16 bits per heavy atom. The van der Waals surface area contributed by atoms with E-state index >= 15 is 0 Å². The van der Waals surface area contributed by atoms with E-state index in [1.165, 1.54) is 11.0 Å². The molecule has 0 amide bonds. The molecule has 2 rings (SSSR count). The minimum absolute atomic E-state index is 0.260. The van der Waals surface area contributed by atoms with Gasteiger partial charge in [-0.3, -0.25) is 0 Å². The van der Waals surface area contributed by atoms with Crippen LogP contribution in [0.15, 0.2) is 18.3 Å². The zero-order chi connectivity index (χ0) is 14.3. The van der Waals surface area contributed by atoms with Gasteiger partial charge in [0.05, 0.1) is 5.56 Å². The topological polar surface area (TPSA) is 53.4 Å². The van der Waals surface area contributed by atoms with Crippen LogP contribution in [0.2, 0.25) is 0 Å². The number of carbonyl (C=O) groups is 1. The van der Waals surface area contributed by atoms with Crippen molar-refractivity contribution in [3.8, 4) is 0 Å². The summed E-state index contributed by atoms with van der Waals surface area (Å²) in [5.41, 5.74) is -1.94. The van der Waals surface area contributed by atoms with E-state index in [1.807, 2.05) is 0 Å². The van der Waals surface area contributed by atoms with Crippen molar-refractivity contribution in [2.45, 2.75) is 31.5 Å². The molecule has 19 heavy (non-hydrogen) atoms. The minimum atomic E-state index is -4.44. The zero-order valence-electron chi connectivity index (χ0n) is 10.2. The number of nitrogens with zero attached hydrogens (tertiary/aromatic N) is 2. The molecule has 1 aliphatic rings. The smallest absolute Gasteiger partial charge is 0.417 e. The van der Waals surface area contributed by atoms with Gasteiger partial charge in [-0.25, -0.2) is 9.78 Å². The monoisotopic (exact) mass is 274 g/mol. The molecule has 2 heterocycles. The van der Waals surface area contributed by atoms with Crippen molar-refractivity contribution >= 4 is 11.8 Å². The average molecular weight is 274 g/mol. The van der Waals surface area contributed by atoms with Gasteiger partial charge < -0.3 is 10.0 Å². The summed E-state index contributed by atoms with van der Waals surface area (Å²) in [6.07, 6.45) is -2.58. The normalized spacial score (nSPS) is 23.7. The Morgan fingerprint density at radius 3 is 2.63 bits per heavy atom. The van der Waals surface area contributed by atoms with Crippen molar-refractivity contribution in [3.63, 3.8) is 0 Å². The first-order valence-electron chi connectivity index (χ1n) is 5.79. The van der Waals surface area contributed by atoms with Gasteiger partial charge in [-0.15, -0.1) is 0 Å².